The van der Waals surface area contributed by atoms with Gasteiger partial charge in [-0.15, -0.1) is 0 Å². The fraction of sp³-hybridized carbons (Fsp3) is 0.676. The van der Waals surface area contributed by atoms with Crippen LogP contribution in [0.15, 0.2) is 60.8 Å². The number of rotatable bonds is 32. The van der Waals surface area contributed by atoms with Crippen LogP contribution in [0.2, 0.25) is 0 Å². The molecule has 0 aromatic rings. The summed E-state index contributed by atoms with van der Waals surface area (Å²) in [4.78, 5) is 33.6. The first-order chi connectivity index (χ1) is 22.8. The Balaban J connectivity index is 3.73. The first kappa shape index (κ1) is 44.7. The predicted molar refractivity (Wildman–Crippen MR) is 192 cm³/mol. The van der Waals surface area contributed by atoms with Crippen molar-refractivity contribution >= 4 is 19.7 Å². The molecule has 270 valence electrons. The van der Waals surface area contributed by atoms with E-state index in [4.69, 9.17) is 13.8 Å². The molecule has 0 saturated carbocycles. The number of hydrogen-bond donors (Lipinski definition) is 3. The minimum Gasteiger partial charge on any atom is -0.463 e. The summed E-state index contributed by atoms with van der Waals surface area (Å²) in [6.07, 6.45) is 37.3. The number of unbranched alkanes of at least 4 members (excludes halogenated alkanes) is 9. The highest BCUT2D eigenvalue weighted by molar-refractivity contribution is 7.47. The zero-order chi connectivity index (χ0) is 34.7. The van der Waals surface area contributed by atoms with E-state index in [1.54, 1.807) is 0 Å². The number of phosphoric acid groups is 1. The fourth-order valence-electron chi connectivity index (χ4n) is 4.23. The number of carbonyl (C=O) groups is 2. The van der Waals surface area contributed by atoms with E-state index >= 15 is 0 Å². The molecule has 0 bridgehead atoms. The normalized spacial score (nSPS) is 14.2. The highest BCUT2D eigenvalue weighted by Crippen LogP contribution is 2.42. The third-order valence-corrected chi connectivity index (χ3v) is 7.92. The number of ether oxygens (including phenoxy) is 1. The lowest BCUT2D eigenvalue weighted by Crippen LogP contribution is -2.27. The second-order valence-corrected chi connectivity index (χ2v) is 12.9. The Kier molecular flexibility index (Phi) is 32.0. The Hall–Kier alpha value is -2.29. The van der Waals surface area contributed by atoms with Gasteiger partial charge in [-0.1, -0.05) is 107 Å². The van der Waals surface area contributed by atoms with Gasteiger partial charge in [0.1, 0.15) is 12.7 Å². The van der Waals surface area contributed by atoms with Crippen molar-refractivity contribution in [2.75, 3.05) is 26.4 Å². The van der Waals surface area contributed by atoms with Crippen molar-refractivity contribution in [3.8, 4) is 0 Å². The average Bonchev–Trinajstić information content (AvgIpc) is 3.05. The van der Waals surface area contributed by atoms with Crippen LogP contribution in [0.25, 0.3) is 0 Å². The smallest absolute Gasteiger partial charge is 0.463 e. The van der Waals surface area contributed by atoms with Gasteiger partial charge >= 0.3 is 13.8 Å². The van der Waals surface area contributed by atoms with Crippen LogP contribution in [0.4, 0.5) is 0 Å². The van der Waals surface area contributed by atoms with E-state index in [-0.39, 0.29) is 32.1 Å². The molecule has 2 unspecified atom stereocenters. The summed E-state index contributed by atoms with van der Waals surface area (Å²) in [6.45, 7) is 3.30. The summed E-state index contributed by atoms with van der Waals surface area (Å²) in [5.74, 6) is -0.577. The maximum absolute atomic E-state index is 12.0. The number of aliphatic hydroxyl groups excluding tert-OH is 1. The molecule has 47 heavy (non-hydrogen) atoms. The topological polar surface area (TPSA) is 131 Å². The number of allylic oxidation sites excluding steroid dienone is 10. The van der Waals surface area contributed by atoms with Gasteiger partial charge in [-0.2, -0.15) is 0 Å². The number of carbonyl (C=O) groups excluding carboxylic acids is 2. The van der Waals surface area contributed by atoms with Crippen molar-refractivity contribution in [1.82, 2.24) is 5.32 Å². The second-order valence-electron chi connectivity index (χ2n) is 11.5. The molecule has 3 N–H and O–H groups in total. The first-order valence-corrected chi connectivity index (χ1v) is 19.3. The fourth-order valence-corrected chi connectivity index (χ4v) is 4.99. The van der Waals surface area contributed by atoms with Gasteiger partial charge in [-0.3, -0.25) is 18.6 Å². The third kappa shape index (κ3) is 34.9. The largest absolute Gasteiger partial charge is 0.472 e. The van der Waals surface area contributed by atoms with Crippen LogP contribution in [0, 0.1) is 0 Å². The quantitative estimate of drug-likeness (QED) is 0.0278. The standard InChI is InChI=1S/C37H64NO8P/c1-3-5-7-9-11-13-15-16-17-18-20-21-23-25-27-29-36(40)38-31-32-45-47(42,43)46-34-35(39)33-44-37(41)30-28-26-24-22-19-14-12-10-8-6-4-2/h5,7,10-13,16-17,20-21,35,39H,3-4,6,8-9,14-15,18-19,22-34H2,1-2H3,(H,38,40)(H,42,43)/b7-5-,12-10-,13-11-,17-16-,21-20-. The summed E-state index contributed by atoms with van der Waals surface area (Å²) in [5, 5.41) is 12.6. The number of esters is 1. The van der Waals surface area contributed by atoms with Gasteiger partial charge in [0.2, 0.25) is 5.91 Å². The van der Waals surface area contributed by atoms with Crippen LogP contribution in [0.3, 0.4) is 0 Å². The van der Waals surface area contributed by atoms with E-state index < -0.39 is 26.5 Å². The van der Waals surface area contributed by atoms with Gasteiger partial charge in [-0.05, 0) is 70.6 Å². The molecule has 0 aromatic carbocycles. The Morgan fingerprint density at radius 3 is 1.87 bits per heavy atom. The van der Waals surface area contributed by atoms with Gasteiger partial charge in [0, 0.05) is 19.4 Å². The molecule has 0 aliphatic rings. The van der Waals surface area contributed by atoms with Crippen molar-refractivity contribution in [1.29, 1.82) is 0 Å². The third-order valence-electron chi connectivity index (χ3n) is 6.93. The van der Waals surface area contributed by atoms with E-state index in [2.05, 4.69) is 79.9 Å². The summed E-state index contributed by atoms with van der Waals surface area (Å²) < 4.78 is 26.7. The van der Waals surface area contributed by atoms with Gasteiger partial charge in [0.25, 0.3) is 0 Å². The highest BCUT2D eigenvalue weighted by atomic mass is 31.2. The number of nitrogens with one attached hydrogen (secondary N) is 1. The van der Waals surface area contributed by atoms with Crippen molar-refractivity contribution < 1.29 is 37.9 Å². The Bertz CT molecular complexity index is 960. The Morgan fingerprint density at radius 2 is 1.21 bits per heavy atom. The molecular formula is C37H64NO8P. The zero-order valence-corrected chi connectivity index (χ0v) is 30.1. The van der Waals surface area contributed by atoms with Crippen LogP contribution < -0.4 is 5.32 Å². The van der Waals surface area contributed by atoms with E-state index in [0.717, 1.165) is 89.9 Å². The molecule has 1 amide bonds. The first-order valence-electron chi connectivity index (χ1n) is 17.8. The van der Waals surface area contributed by atoms with Crippen molar-refractivity contribution in [2.45, 2.75) is 136 Å². The van der Waals surface area contributed by atoms with Gasteiger partial charge in [-0.25, -0.2) is 4.57 Å². The van der Waals surface area contributed by atoms with E-state index in [1.165, 1.54) is 12.8 Å². The maximum Gasteiger partial charge on any atom is 0.472 e. The molecule has 10 heteroatoms. The maximum atomic E-state index is 12.0. The molecule has 0 aliphatic heterocycles. The van der Waals surface area contributed by atoms with E-state index in [0.29, 0.717) is 6.42 Å². The SMILES string of the molecule is CC/C=C\C/C=C\C/C=C\C/C=C\CCCCC(=O)NCCOP(=O)(O)OCC(O)COC(=O)CCCCCCC/C=C\CCCC. The van der Waals surface area contributed by atoms with Crippen molar-refractivity contribution in [3.63, 3.8) is 0 Å². The summed E-state index contributed by atoms with van der Waals surface area (Å²) >= 11 is 0. The van der Waals surface area contributed by atoms with Crippen LogP contribution in [0.1, 0.15) is 129 Å². The lowest BCUT2D eigenvalue weighted by Gasteiger charge is -2.15. The molecule has 0 fully saturated rings. The van der Waals surface area contributed by atoms with Crippen molar-refractivity contribution in [2.24, 2.45) is 0 Å². The van der Waals surface area contributed by atoms with Crippen LogP contribution in [0.5, 0.6) is 0 Å². The molecule has 0 rings (SSSR count). The van der Waals surface area contributed by atoms with E-state index in [1.807, 2.05) is 0 Å². The van der Waals surface area contributed by atoms with Gasteiger partial charge in [0.05, 0.1) is 13.2 Å². The molecule has 0 aliphatic carbocycles. The number of amides is 1. The van der Waals surface area contributed by atoms with Gasteiger partial charge in [0.15, 0.2) is 0 Å². The number of aliphatic hydroxyl groups is 1. The van der Waals surface area contributed by atoms with Gasteiger partial charge < -0.3 is 20.1 Å². The predicted octanol–water partition coefficient (Wildman–Crippen LogP) is 8.98. The second kappa shape index (κ2) is 33.6. The molecule has 2 atom stereocenters. The summed E-state index contributed by atoms with van der Waals surface area (Å²) in [5.41, 5.74) is 0. The Labute approximate surface area is 285 Å². The minimum atomic E-state index is -4.42. The molecule has 0 spiro atoms. The highest BCUT2D eigenvalue weighted by Gasteiger charge is 2.23. The molecule has 9 nitrogen and oxygen atoms in total. The number of hydrogen-bond acceptors (Lipinski definition) is 7. The van der Waals surface area contributed by atoms with Crippen LogP contribution in [-0.4, -0.2) is 54.3 Å². The van der Waals surface area contributed by atoms with E-state index in [9.17, 15) is 24.2 Å². The lowest BCUT2D eigenvalue weighted by atomic mass is 10.1. The molecule has 0 heterocycles. The molecule has 0 saturated heterocycles. The zero-order valence-electron chi connectivity index (χ0n) is 29.2. The lowest BCUT2D eigenvalue weighted by molar-refractivity contribution is -0.147. The number of phosphoric ester groups is 1. The summed E-state index contributed by atoms with van der Waals surface area (Å²) in [7, 11) is -4.42. The molecular weight excluding hydrogens is 617 g/mol. The molecule has 0 radical (unpaired) electrons. The van der Waals surface area contributed by atoms with Crippen molar-refractivity contribution in [3.05, 3.63) is 60.8 Å². The molecule has 0 aromatic heterocycles. The summed E-state index contributed by atoms with van der Waals surface area (Å²) in [6, 6.07) is 0. The van der Waals surface area contributed by atoms with Crippen LogP contribution >= 0.6 is 7.82 Å². The Morgan fingerprint density at radius 1 is 0.681 bits per heavy atom. The average molecular weight is 682 g/mol. The monoisotopic (exact) mass is 681 g/mol. The van der Waals surface area contributed by atoms with Crippen LogP contribution in [-0.2, 0) is 27.9 Å². The minimum absolute atomic E-state index is 0.0554.